The van der Waals surface area contributed by atoms with Crippen LogP contribution >= 0.6 is 11.3 Å². The van der Waals surface area contributed by atoms with Gasteiger partial charge in [0.05, 0.1) is 30.4 Å². The van der Waals surface area contributed by atoms with Gasteiger partial charge in [0.1, 0.15) is 5.76 Å². The molecule has 3 aromatic rings. The molecule has 0 saturated carbocycles. The van der Waals surface area contributed by atoms with E-state index >= 15 is 0 Å². The Morgan fingerprint density at radius 2 is 2.19 bits per heavy atom. The van der Waals surface area contributed by atoms with Crippen molar-refractivity contribution < 1.29 is 13.9 Å². The highest BCUT2D eigenvalue weighted by molar-refractivity contribution is 7.21. The Balaban J connectivity index is 1.71. The van der Waals surface area contributed by atoms with Gasteiger partial charge in [-0.05, 0) is 24.3 Å². The van der Waals surface area contributed by atoms with E-state index < -0.39 is 0 Å². The van der Waals surface area contributed by atoms with Crippen LogP contribution in [0.2, 0.25) is 0 Å². The SMILES string of the molecule is COC(=O)CNCc1ccc(-c2nc3ccccc3s2)o1. The Hall–Kier alpha value is -2.18. The Morgan fingerprint density at radius 3 is 3.00 bits per heavy atom. The molecule has 0 aliphatic carbocycles. The van der Waals surface area contributed by atoms with Crippen molar-refractivity contribution in [1.29, 1.82) is 0 Å². The van der Waals surface area contributed by atoms with E-state index in [2.05, 4.69) is 15.0 Å². The van der Waals surface area contributed by atoms with Crippen LogP contribution in [0.5, 0.6) is 0 Å². The van der Waals surface area contributed by atoms with Gasteiger partial charge in [0.15, 0.2) is 10.8 Å². The highest BCUT2D eigenvalue weighted by Crippen LogP contribution is 2.30. The third-order valence-corrected chi connectivity index (χ3v) is 4.01. The molecule has 0 spiro atoms. The monoisotopic (exact) mass is 302 g/mol. The third-order valence-electron chi connectivity index (χ3n) is 2.96. The van der Waals surface area contributed by atoms with Crippen LogP contribution in [-0.2, 0) is 16.1 Å². The van der Waals surface area contributed by atoms with Crippen molar-refractivity contribution in [1.82, 2.24) is 10.3 Å². The number of hydrogen-bond donors (Lipinski definition) is 1. The molecule has 0 radical (unpaired) electrons. The first-order valence-corrected chi connectivity index (χ1v) is 7.30. The maximum Gasteiger partial charge on any atom is 0.319 e. The number of thiazole rings is 1. The van der Waals surface area contributed by atoms with Crippen molar-refractivity contribution in [3.8, 4) is 10.8 Å². The predicted molar refractivity (Wildman–Crippen MR) is 81.0 cm³/mol. The van der Waals surface area contributed by atoms with Gasteiger partial charge in [0.25, 0.3) is 0 Å². The van der Waals surface area contributed by atoms with Gasteiger partial charge in [-0.2, -0.15) is 0 Å². The standard InChI is InChI=1S/C15H14N2O3S/c1-19-14(18)9-16-8-10-6-7-12(20-10)15-17-11-4-2-3-5-13(11)21-15/h2-7,16H,8-9H2,1H3. The van der Waals surface area contributed by atoms with E-state index in [-0.39, 0.29) is 12.5 Å². The van der Waals surface area contributed by atoms with Gasteiger partial charge in [-0.1, -0.05) is 12.1 Å². The first-order chi connectivity index (χ1) is 10.3. The Kier molecular flexibility index (Phi) is 3.98. The van der Waals surface area contributed by atoms with Gasteiger partial charge in [-0.15, -0.1) is 11.3 Å². The normalized spacial score (nSPS) is 10.9. The second kappa shape index (κ2) is 6.07. The summed E-state index contributed by atoms with van der Waals surface area (Å²) in [7, 11) is 1.36. The molecule has 0 bridgehead atoms. The minimum Gasteiger partial charge on any atom is -0.468 e. The zero-order valence-electron chi connectivity index (χ0n) is 11.5. The topological polar surface area (TPSA) is 64.4 Å². The van der Waals surface area contributed by atoms with Crippen LogP contribution in [0.1, 0.15) is 5.76 Å². The number of ether oxygens (including phenoxy) is 1. The molecule has 0 aliphatic rings. The number of para-hydroxylation sites is 1. The summed E-state index contributed by atoms with van der Waals surface area (Å²) in [6.07, 6.45) is 0. The van der Waals surface area contributed by atoms with Crippen LogP contribution in [0.25, 0.3) is 21.0 Å². The maximum absolute atomic E-state index is 11.0. The quantitative estimate of drug-likeness (QED) is 0.734. The van der Waals surface area contributed by atoms with Gasteiger partial charge in [-0.25, -0.2) is 4.98 Å². The molecule has 0 atom stereocenters. The Morgan fingerprint density at radius 1 is 1.33 bits per heavy atom. The maximum atomic E-state index is 11.0. The minimum absolute atomic E-state index is 0.160. The highest BCUT2D eigenvalue weighted by Gasteiger charge is 2.10. The number of esters is 1. The van der Waals surface area contributed by atoms with Crippen LogP contribution in [0, 0.1) is 0 Å². The first-order valence-electron chi connectivity index (χ1n) is 6.48. The molecule has 108 valence electrons. The molecule has 0 aliphatic heterocycles. The fourth-order valence-electron chi connectivity index (χ4n) is 1.93. The van der Waals surface area contributed by atoms with Crippen LogP contribution < -0.4 is 5.32 Å². The van der Waals surface area contributed by atoms with Gasteiger partial charge in [-0.3, -0.25) is 10.1 Å². The Bertz CT molecular complexity index is 730. The Labute approximate surface area is 125 Å². The number of rotatable bonds is 5. The molecule has 0 unspecified atom stereocenters. The number of furan rings is 1. The zero-order chi connectivity index (χ0) is 14.7. The van der Waals surface area contributed by atoms with E-state index in [4.69, 9.17) is 4.42 Å². The van der Waals surface area contributed by atoms with E-state index in [0.29, 0.717) is 6.54 Å². The number of carbonyl (C=O) groups excluding carboxylic acids is 1. The summed E-state index contributed by atoms with van der Waals surface area (Å²) in [6.45, 7) is 0.633. The number of carbonyl (C=O) groups is 1. The predicted octanol–water partition coefficient (Wildman–Crippen LogP) is 2.82. The average Bonchev–Trinajstić information content (AvgIpc) is 3.13. The van der Waals surface area contributed by atoms with Crippen molar-refractivity contribution in [2.75, 3.05) is 13.7 Å². The fraction of sp³-hybridized carbons (Fsp3) is 0.200. The van der Waals surface area contributed by atoms with Crippen LogP contribution in [0.3, 0.4) is 0 Å². The van der Waals surface area contributed by atoms with Crippen LogP contribution in [-0.4, -0.2) is 24.6 Å². The largest absolute Gasteiger partial charge is 0.468 e. The van der Waals surface area contributed by atoms with Crippen LogP contribution in [0.15, 0.2) is 40.8 Å². The summed E-state index contributed by atoms with van der Waals surface area (Å²) < 4.78 is 11.4. The lowest BCUT2D eigenvalue weighted by atomic mass is 10.3. The highest BCUT2D eigenvalue weighted by atomic mass is 32.1. The molecule has 1 aromatic carbocycles. The van der Waals surface area contributed by atoms with Crippen molar-refractivity contribution >= 4 is 27.5 Å². The van der Waals surface area contributed by atoms with Crippen molar-refractivity contribution in [3.05, 3.63) is 42.2 Å². The number of fused-ring (bicyclic) bond motifs is 1. The number of hydrogen-bond acceptors (Lipinski definition) is 6. The van der Waals surface area contributed by atoms with Crippen molar-refractivity contribution in [3.63, 3.8) is 0 Å². The molecular weight excluding hydrogens is 288 g/mol. The number of benzene rings is 1. The molecule has 0 amide bonds. The number of nitrogens with one attached hydrogen (secondary N) is 1. The number of aromatic nitrogens is 1. The molecular formula is C15H14N2O3S. The summed E-state index contributed by atoms with van der Waals surface area (Å²) in [6, 6.07) is 11.8. The number of nitrogens with zero attached hydrogens (tertiary/aromatic N) is 1. The van der Waals surface area contributed by atoms with Gasteiger partial charge in [0.2, 0.25) is 0 Å². The lowest BCUT2D eigenvalue weighted by Crippen LogP contribution is -2.23. The lowest BCUT2D eigenvalue weighted by Gasteiger charge is -2.00. The molecule has 2 aromatic heterocycles. The third kappa shape index (κ3) is 3.12. The minimum atomic E-state index is -0.298. The molecule has 0 fully saturated rings. The molecule has 2 heterocycles. The summed E-state index contributed by atoms with van der Waals surface area (Å²) in [4.78, 5) is 15.6. The van der Waals surface area contributed by atoms with Gasteiger partial charge >= 0.3 is 5.97 Å². The lowest BCUT2D eigenvalue weighted by molar-refractivity contribution is -0.139. The first kappa shape index (κ1) is 13.8. The number of methoxy groups -OCH3 is 1. The fourth-order valence-corrected chi connectivity index (χ4v) is 2.85. The molecule has 21 heavy (non-hydrogen) atoms. The second-order valence-electron chi connectivity index (χ2n) is 4.43. The van der Waals surface area contributed by atoms with Gasteiger partial charge < -0.3 is 9.15 Å². The molecule has 5 nitrogen and oxygen atoms in total. The molecule has 6 heteroatoms. The van der Waals surface area contributed by atoms with Crippen molar-refractivity contribution in [2.45, 2.75) is 6.54 Å². The molecule has 3 rings (SSSR count). The van der Waals surface area contributed by atoms with E-state index in [1.165, 1.54) is 7.11 Å². The molecule has 1 N–H and O–H groups in total. The van der Waals surface area contributed by atoms with Crippen molar-refractivity contribution in [2.24, 2.45) is 0 Å². The van der Waals surface area contributed by atoms with E-state index in [0.717, 1.165) is 26.7 Å². The zero-order valence-corrected chi connectivity index (χ0v) is 12.3. The summed E-state index contributed by atoms with van der Waals surface area (Å²) >= 11 is 1.60. The van der Waals surface area contributed by atoms with Gasteiger partial charge in [0, 0.05) is 0 Å². The smallest absolute Gasteiger partial charge is 0.319 e. The van der Waals surface area contributed by atoms with E-state index in [1.807, 2.05) is 36.4 Å². The average molecular weight is 302 g/mol. The van der Waals surface area contributed by atoms with E-state index in [1.54, 1.807) is 11.3 Å². The summed E-state index contributed by atoms with van der Waals surface area (Å²) in [5, 5.41) is 3.82. The summed E-state index contributed by atoms with van der Waals surface area (Å²) in [5.74, 6) is 1.20. The van der Waals surface area contributed by atoms with E-state index in [9.17, 15) is 4.79 Å². The summed E-state index contributed by atoms with van der Waals surface area (Å²) in [5.41, 5.74) is 0.972. The molecule has 0 saturated heterocycles. The second-order valence-corrected chi connectivity index (χ2v) is 5.46. The van der Waals surface area contributed by atoms with Crippen LogP contribution in [0.4, 0.5) is 0 Å².